The highest BCUT2D eigenvalue weighted by Gasteiger charge is 2.17. The molecule has 6 nitrogen and oxygen atoms in total. The molecule has 0 saturated carbocycles. The standard InChI is InChI=1S/C19H21ClN4O2S2/c1-13-5-4-6-15(9-13)12-27-19-23-22-18(11-21-28(3,25)26)24(19)17-10-16(20)8-7-14(17)2/h4-10,21H,11-12H2,1-3H3. The van der Waals surface area contributed by atoms with Crippen LogP contribution in [-0.4, -0.2) is 29.4 Å². The maximum atomic E-state index is 11.5. The Balaban J connectivity index is 1.97. The quantitative estimate of drug-likeness (QED) is 0.569. The molecule has 0 aliphatic carbocycles. The van der Waals surface area contributed by atoms with Crippen molar-refractivity contribution in [3.8, 4) is 5.69 Å². The number of hydrogen-bond acceptors (Lipinski definition) is 5. The molecule has 148 valence electrons. The third kappa shape index (κ3) is 5.35. The van der Waals surface area contributed by atoms with Crippen molar-refractivity contribution in [2.75, 3.05) is 6.26 Å². The summed E-state index contributed by atoms with van der Waals surface area (Å²) in [6.45, 7) is 4.07. The van der Waals surface area contributed by atoms with Gasteiger partial charge in [-0.05, 0) is 37.1 Å². The Hall–Kier alpha value is -1.87. The summed E-state index contributed by atoms with van der Waals surface area (Å²) in [5, 5.41) is 9.78. The summed E-state index contributed by atoms with van der Waals surface area (Å²) in [5.41, 5.74) is 4.19. The molecule has 1 aromatic heterocycles. The lowest BCUT2D eigenvalue weighted by Gasteiger charge is -2.13. The fraction of sp³-hybridized carbons (Fsp3) is 0.263. The van der Waals surface area contributed by atoms with E-state index >= 15 is 0 Å². The fourth-order valence-electron chi connectivity index (χ4n) is 2.72. The lowest BCUT2D eigenvalue weighted by molar-refractivity contribution is 0.584. The maximum absolute atomic E-state index is 11.5. The first-order valence-electron chi connectivity index (χ1n) is 8.57. The molecule has 0 amide bonds. The van der Waals surface area contributed by atoms with Gasteiger partial charge in [-0.2, -0.15) is 0 Å². The summed E-state index contributed by atoms with van der Waals surface area (Å²) >= 11 is 7.75. The Morgan fingerprint density at radius 2 is 1.93 bits per heavy atom. The number of halogens is 1. The number of sulfonamides is 1. The largest absolute Gasteiger partial charge is 0.273 e. The van der Waals surface area contributed by atoms with Crippen LogP contribution in [0.2, 0.25) is 5.02 Å². The molecule has 9 heteroatoms. The van der Waals surface area contributed by atoms with Crippen LogP contribution in [0.3, 0.4) is 0 Å². The van der Waals surface area contributed by atoms with Gasteiger partial charge in [-0.15, -0.1) is 10.2 Å². The lowest BCUT2D eigenvalue weighted by atomic mass is 10.2. The van der Waals surface area contributed by atoms with E-state index in [1.807, 2.05) is 35.8 Å². The van der Waals surface area contributed by atoms with E-state index in [-0.39, 0.29) is 6.54 Å². The first kappa shape index (κ1) is 20.9. The van der Waals surface area contributed by atoms with Gasteiger partial charge in [0.15, 0.2) is 11.0 Å². The molecule has 28 heavy (non-hydrogen) atoms. The SMILES string of the molecule is Cc1cccc(CSc2nnc(CNS(C)(=O)=O)n2-c2cc(Cl)ccc2C)c1. The Morgan fingerprint density at radius 1 is 1.14 bits per heavy atom. The van der Waals surface area contributed by atoms with E-state index in [9.17, 15) is 8.42 Å². The predicted octanol–water partition coefficient (Wildman–Crippen LogP) is 3.88. The molecule has 0 fully saturated rings. The monoisotopic (exact) mass is 436 g/mol. The summed E-state index contributed by atoms with van der Waals surface area (Å²) in [5.74, 6) is 1.22. The van der Waals surface area contributed by atoms with Crippen LogP contribution in [0.1, 0.15) is 22.5 Å². The molecule has 0 saturated heterocycles. The van der Waals surface area contributed by atoms with Crippen LogP contribution in [0.25, 0.3) is 5.69 Å². The van der Waals surface area contributed by atoms with Crippen LogP contribution in [0.4, 0.5) is 0 Å². The molecule has 3 rings (SSSR count). The first-order valence-corrected chi connectivity index (χ1v) is 11.8. The molecule has 0 aliphatic rings. The van der Waals surface area contributed by atoms with Gasteiger partial charge in [-0.1, -0.05) is 59.3 Å². The smallest absolute Gasteiger partial charge is 0.209 e. The van der Waals surface area contributed by atoms with E-state index in [4.69, 9.17) is 11.6 Å². The Bertz CT molecular complexity index is 1100. The van der Waals surface area contributed by atoms with Gasteiger partial charge < -0.3 is 0 Å². The van der Waals surface area contributed by atoms with Gasteiger partial charge in [-0.25, -0.2) is 13.1 Å². The number of nitrogens with one attached hydrogen (secondary N) is 1. The molecular weight excluding hydrogens is 416 g/mol. The molecule has 0 aliphatic heterocycles. The van der Waals surface area contributed by atoms with Gasteiger partial charge in [-0.3, -0.25) is 4.57 Å². The molecule has 1 heterocycles. The number of benzene rings is 2. The molecule has 0 atom stereocenters. The van der Waals surface area contributed by atoms with Crippen molar-refractivity contribution in [1.82, 2.24) is 19.5 Å². The molecule has 2 aromatic carbocycles. The second-order valence-corrected chi connectivity index (χ2v) is 9.75. The van der Waals surface area contributed by atoms with E-state index in [0.717, 1.165) is 23.3 Å². The normalized spacial score (nSPS) is 11.7. The molecule has 0 radical (unpaired) electrons. The number of rotatable bonds is 7. The predicted molar refractivity (Wildman–Crippen MR) is 114 cm³/mol. The molecule has 0 unspecified atom stereocenters. The van der Waals surface area contributed by atoms with Crippen LogP contribution in [0.5, 0.6) is 0 Å². The van der Waals surface area contributed by atoms with Crippen LogP contribution in [-0.2, 0) is 22.3 Å². The highest BCUT2D eigenvalue weighted by Crippen LogP contribution is 2.28. The molecular formula is C19H21ClN4O2S2. The van der Waals surface area contributed by atoms with Crippen LogP contribution in [0, 0.1) is 13.8 Å². The van der Waals surface area contributed by atoms with E-state index in [2.05, 4.69) is 40.0 Å². The summed E-state index contributed by atoms with van der Waals surface area (Å²) < 4.78 is 27.4. The lowest BCUT2D eigenvalue weighted by Crippen LogP contribution is -2.23. The highest BCUT2D eigenvalue weighted by molar-refractivity contribution is 7.98. The van der Waals surface area contributed by atoms with Gasteiger partial charge in [0.25, 0.3) is 0 Å². The van der Waals surface area contributed by atoms with Gasteiger partial charge >= 0.3 is 0 Å². The number of thioether (sulfide) groups is 1. The van der Waals surface area contributed by atoms with E-state index in [0.29, 0.717) is 16.0 Å². The van der Waals surface area contributed by atoms with Crippen molar-refractivity contribution in [3.05, 3.63) is 70.0 Å². The average Bonchev–Trinajstić information content (AvgIpc) is 3.02. The van der Waals surface area contributed by atoms with Gasteiger partial charge in [0.1, 0.15) is 0 Å². The minimum absolute atomic E-state index is 0.0444. The fourth-order valence-corrected chi connectivity index (χ4v) is 4.18. The highest BCUT2D eigenvalue weighted by atomic mass is 35.5. The van der Waals surface area contributed by atoms with Crippen molar-refractivity contribution < 1.29 is 8.42 Å². The topological polar surface area (TPSA) is 76.9 Å². The minimum Gasteiger partial charge on any atom is -0.273 e. The number of aryl methyl sites for hydroxylation is 2. The van der Waals surface area contributed by atoms with Crippen molar-refractivity contribution in [2.45, 2.75) is 31.3 Å². The maximum Gasteiger partial charge on any atom is 0.209 e. The Kier molecular flexibility index (Phi) is 6.44. The Labute approximate surface area is 174 Å². The second kappa shape index (κ2) is 8.65. The van der Waals surface area contributed by atoms with Crippen molar-refractivity contribution in [2.24, 2.45) is 0 Å². The van der Waals surface area contributed by atoms with Crippen molar-refractivity contribution in [1.29, 1.82) is 0 Å². The third-order valence-corrected chi connectivity index (χ3v) is 5.96. The summed E-state index contributed by atoms with van der Waals surface area (Å²) in [4.78, 5) is 0. The van der Waals surface area contributed by atoms with Crippen molar-refractivity contribution in [3.63, 3.8) is 0 Å². The van der Waals surface area contributed by atoms with Crippen LogP contribution < -0.4 is 4.72 Å². The number of aromatic nitrogens is 3. The zero-order chi connectivity index (χ0) is 20.3. The zero-order valence-corrected chi connectivity index (χ0v) is 18.2. The second-order valence-electron chi connectivity index (χ2n) is 6.54. The van der Waals surface area contributed by atoms with Gasteiger partial charge in [0.05, 0.1) is 18.5 Å². The van der Waals surface area contributed by atoms with E-state index in [1.165, 1.54) is 11.1 Å². The van der Waals surface area contributed by atoms with Crippen LogP contribution in [0.15, 0.2) is 47.6 Å². The van der Waals surface area contributed by atoms with Gasteiger partial charge in [0, 0.05) is 10.8 Å². The molecule has 3 aromatic rings. The number of hydrogen-bond donors (Lipinski definition) is 1. The molecule has 0 spiro atoms. The first-order chi connectivity index (χ1) is 13.2. The van der Waals surface area contributed by atoms with Crippen LogP contribution >= 0.6 is 23.4 Å². The summed E-state index contributed by atoms with van der Waals surface area (Å²) in [6, 6.07) is 13.8. The third-order valence-electron chi connectivity index (χ3n) is 4.06. The molecule has 1 N–H and O–H groups in total. The molecule has 0 bridgehead atoms. The van der Waals surface area contributed by atoms with E-state index in [1.54, 1.807) is 11.8 Å². The average molecular weight is 437 g/mol. The summed E-state index contributed by atoms with van der Waals surface area (Å²) in [7, 11) is -3.35. The minimum atomic E-state index is -3.35. The zero-order valence-electron chi connectivity index (χ0n) is 15.8. The van der Waals surface area contributed by atoms with Gasteiger partial charge in [0.2, 0.25) is 10.0 Å². The van der Waals surface area contributed by atoms with E-state index < -0.39 is 10.0 Å². The Morgan fingerprint density at radius 3 is 2.64 bits per heavy atom. The summed E-state index contributed by atoms with van der Waals surface area (Å²) in [6.07, 6.45) is 1.12. The number of nitrogens with zero attached hydrogens (tertiary/aromatic N) is 3. The van der Waals surface area contributed by atoms with Crippen molar-refractivity contribution >= 4 is 33.4 Å².